The molecule has 0 saturated heterocycles. The van der Waals surface area contributed by atoms with Crippen molar-refractivity contribution in [2.45, 2.75) is 20.0 Å². The van der Waals surface area contributed by atoms with E-state index in [0.717, 1.165) is 16.5 Å². The van der Waals surface area contributed by atoms with Crippen molar-refractivity contribution in [3.05, 3.63) is 41.1 Å². The maximum absolute atomic E-state index is 12.2. The lowest BCUT2D eigenvalue weighted by atomic mass is 10.1. The second-order valence-electron chi connectivity index (χ2n) is 5.14. The van der Waals surface area contributed by atoms with Gasteiger partial charge in [0.15, 0.2) is 0 Å². The fraction of sp³-hybridized carbons (Fsp3) is 0.375. The smallest absolute Gasteiger partial charge is 0.253 e. The van der Waals surface area contributed by atoms with Gasteiger partial charge in [0.05, 0.1) is 29.5 Å². The summed E-state index contributed by atoms with van der Waals surface area (Å²) in [6.45, 7) is 4.16. The number of hydrogen-bond acceptors (Lipinski definition) is 4. The first kappa shape index (κ1) is 15.4. The van der Waals surface area contributed by atoms with Crippen LogP contribution in [0.15, 0.2) is 24.3 Å². The summed E-state index contributed by atoms with van der Waals surface area (Å²) in [6.07, 6.45) is -0.713. The van der Waals surface area contributed by atoms with E-state index in [4.69, 9.17) is 4.74 Å². The van der Waals surface area contributed by atoms with Gasteiger partial charge in [0.2, 0.25) is 0 Å². The number of carbonyl (C=O) groups excluding carboxylic acids is 1. The van der Waals surface area contributed by atoms with E-state index in [9.17, 15) is 9.90 Å². The molecule has 0 aliphatic carbocycles. The van der Waals surface area contributed by atoms with Gasteiger partial charge in [-0.15, -0.1) is 0 Å². The normalized spacial score (nSPS) is 12.4. The highest BCUT2D eigenvalue weighted by molar-refractivity contribution is 5.98. The molecular formula is C16H20N2O3. The highest BCUT2D eigenvalue weighted by atomic mass is 16.5. The molecule has 0 saturated carbocycles. The predicted molar refractivity (Wildman–Crippen MR) is 81.4 cm³/mol. The minimum absolute atomic E-state index is 0.151. The minimum atomic E-state index is -0.713. The number of aliphatic hydroxyl groups excluding tert-OH is 1. The van der Waals surface area contributed by atoms with Gasteiger partial charge in [-0.1, -0.05) is 12.1 Å². The predicted octanol–water partition coefficient (Wildman–Crippen LogP) is 1.59. The van der Waals surface area contributed by atoms with Gasteiger partial charge in [0.25, 0.3) is 5.91 Å². The number of hydrogen-bond donors (Lipinski definition) is 2. The number of nitrogens with one attached hydrogen (secondary N) is 1. The summed E-state index contributed by atoms with van der Waals surface area (Å²) >= 11 is 0. The maximum atomic E-state index is 12.2. The number of aromatic nitrogens is 1. The molecule has 21 heavy (non-hydrogen) atoms. The fourth-order valence-corrected chi connectivity index (χ4v) is 2.16. The van der Waals surface area contributed by atoms with E-state index in [1.54, 1.807) is 0 Å². The molecule has 0 aliphatic rings. The molecule has 2 N–H and O–H groups in total. The van der Waals surface area contributed by atoms with E-state index in [-0.39, 0.29) is 19.1 Å². The standard InChI is InChI=1S/C16H20N2O3/c1-10-4-5-12-7-14(11(2)18-15(12)6-10)16(20)17-8-13(19)9-21-3/h4-7,13,19H,8-9H2,1-3H3,(H,17,20). The largest absolute Gasteiger partial charge is 0.389 e. The first-order chi connectivity index (χ1) is 10.0. The Kier molecular flexibility index (Phi) is 4.88. The Morgan fingerprint density at radius 3 is 2.86 bits per heavy atom. The van der Waals surface area contributed by atoms with Crippen molar-refractivity contribution in [3.8, 4) is 0 Å². The number of ether oxygens (including phenoxy) is 1. The van der Waals surface area contributed by atoms with Crippen molar-refractivity contribution in [2.75, 3.05) is 20.3 Å². The molecule has 1 amide bonds. The summed E-state index contributed by atoms with van der Waals surface area (Å²) in [5.74, 6) is -0.238. The van der Waals surface area contributed by atoms with Gasteiger partial charge in [-0.05, 0) is 31.5 Å². The van der Waals surface area contributed by atoms with Crippen LogP contribution in [-0.4, -0.2) is 42.4 Å². The number of aryl methyl sites for hydroxylation is 2. The zero-order valence-electron chi connectivity index (χ0n) is 12.5. The van der Waals surface area contributed by atoms with Crippen LogP contribution in [0.5, 0.6) is 0 Å². The lowest BCUT2D eigenvalue weighted by Gasteiger charge is -2.12. The van der Waals surface area contributed by atoms with Gasteiger partial charge in [-0.25, -0.2) is 0 Å². The molecule has 1 aromatic heterocycles. The molecule has 5 nitrogen and oxygen atoms in total. The van der Waals surface area contributed by atoms with Crippen LogP contribution in [0, 0.1) is 13.8 Å². The number of fused-ring (bicyclic) bond motifs is 1. The molecule has 0 radical (unpaired) electrons. The van der Waals surface area contributed by atoms with Crippen molar-refractivity contribution < 1.29 is 14.6 Å². The highest BCUT2D eigenvalue weighted by Crippen LogP contribution is 2.18. The van der Waals surface area contributed by atoms with Crippen molar-refractivity contribution in [1.29, 1.82) is 0 Å². The first-order valence-electron chi connectivity index (χ1n) is 6.84. The topological polar surface area (TPSA) is 71.5 Å². The molecule has 1 aromatic carbocycles. The van der Waals surface area contributed by atoms with Crippen LogP contribution in [0.3, 0.4) is 0 Å². The zero-order chi connectivity index (χ0) is 15.4. The summed E-state index contributed by atoms with van der Waals surface area (Å²) in [6, 6.07) is 7.76. The van der Waals surface area contributed by atoms with Gasteiger partial charge in [0, 0.05) is 19.0 Å². The molecule has 2 rings (SSSR count). The Balaban J connectivity index is 2.19. The molecule has 1 heterocycles. The molecule has 2 aromatic rings. The second kappa shape index (κ2) is 6.65. The van der Waals surface area contributed by atoms with Crippen LogP contribution in [0.25, 0.3) is 10.9 Å². The molecule has 0 bridgehead atoms. The van der Waals surface area contributed by atoms with Crippen LogP contribution >= 0.6 is 0 Å². The fourth-order valence-electron chi connectivity index (χ4n) is 2.16. The van der Waals surface area contributed by atoms with Crippen LogP contribution in [-0.2, 0) is 4.74 Å². The average molecular weight is 288 g/mol. The lowest BCUT2D eigenvalue weighted by Crippen LogP contribution is -2.34. The number of benzene rings is 1. The van der Waals surface area contributed by atoms with Crippen LogP contribution in [0.2, 0.25) is 0 Å². The summed E-state index contributed by atoms with van der Waals surface area (Å²) in [7, 11) is 1.50. The van der Waals surface area contributed by atoms with Crippen molar-refractivity contribution in [1.82, 2.24) is 10.3 Å². The first-order valence-corrected chi connectivity index (χ1v) is 6.84. The summed E-state index contributed by atoms with van der Waals surface area (Å²) in [4.78, 5) is 16.7. The van der Waals surface area contributed by atoms with Gasteiger partial charge < -0.3 is 15.2 Å². The second-order valence-corrected chi connectivity index (χ2v) is 5.14. The summed E-state index contributed by atoms with van der Waals surface area (Å²) < 4.78 is 4.82. The molecule has 0 spiro atoms. The number of nitrogens with zero attached hydrogens (tertiary/aromatic N) is 1. The van der Waals surface area contributed by atoms with Gasteiger partial charge in [-0.3, -0.25) is 9.78 Å². The molecule has 1 atom stereocenters. The monoisotopic (exact) mass is 288 g/mol. The number of amides is 1. The maximum Gasteiger partial charge on any atom is 0.253 e. The van der Waals surface area contributed by atoms with E-state index in [0.29, 0.717) is 11.3 Å². The van der Waals surface area contributed by atoms with Crippen LogP contribution in [0.1, 0.15) is 21.6 Å². The van der Waals surface area contributed by atoms with Crippen LogP contribution < -0.4 is 5.32 Å². The number of aliphatic hydroxyl groups is 1. The van der Waals surface area contributed by atoms with Gasteiger partial charge in [-0.2, -0.15) is 0 Å². The van der Waals surface area contributed by atoms with Gasteiger partial charge in [0.1, 0.15) is 0 Å². The molecule has 1 unspecified atom stereocenters. The number of pyridine rings is 1. The SMILES string of the molecule is COCC(O)CNC(=O)c1cc2ccc(C)cc2nc1C. The Morgan fingerprint density at radius 2 is 2.14 bits per heavy atom. The van der Waals surface area contributed by atoms with E-state index in [2.05, 4.69) is 10.3 Å². The molecule has 5 heteroatoms. The molecular weight excluding hydrogens is 268 g/mol. The van der Waals surface area contributed by atoms with E-state index < -0.39 is 6.10 Å². The van der Waals surface area contributed by atoms with Crippen molar-refractivity contribution in [3.63, 3.8) is 0 Å². The number of carbonyl (C=O) groups is 1. The third-order valence-electron chi connectivity index (χ3n) is 3.27. The van der Waals surface area contributed by atoms with Crippen LogP contribution in [0.4, 0.5) is 0 Å². The Morgan fingerprint density at radius 1 is 1.38 bits per heavy atom. The van der Waals surface area contributed by atoms with Crippen molar-refractivity contribution >= 4 is 16.8 Å². The average Bonchev–Trinajstić information content (AvgIpc) is 2.44. The van der Waals surface area contributed by atoms with Gasteiger partial charge >= 0.3 is 0 Å². The highest BCUT2D eigenvalue weighted by Gasteiger charge is 2.13. The van der Waals surface area contributed by atoms with E-state index >= 15 is 0 Å². The Bertz CT molecular complexity index is 655. The Labute approximate surface area is 124 Å². The quantitative estimate of drug-likeness (QED) is 0.876. The summed E-state index contributed by atoms with van der Waals surface area (Å²) in [5, 5.41) is 13.2. The summed E-state index contributed by atoms with van der Waals surface area (Å²) in [5.41, 5.74) is 3.21. The minimum Gasteiger partial charge on any atom is -0.389 e. The third-order valence-corrected chi connectivity index (χ3v) is 3.27. The zero-order valence-corrected chi connectivity index (χ0v) is 12.5. The number of methoxy groups -OCH3 is 1. The Hall–Kier alpha value is -1.98. The number of rotatable bonds is 5. The molecule has 112 valence electrons. The molecule has 0 fully saturated rings. The third kappa shape index (κ3) is 3.77. The van der Waals surface area contributed by atoms with E-state index in [1.807, 2.05) is 38.1 Å². The van der Waals surface area contributed by atoms with E-state index in [1.165, 1.54) is 7.11 Å². The van der Waals surface area contributed by atoms with Crippen molar-refractivity contribution in [2.24, 2.45) is 0 Å². The molecule has 0 aliphatic heterocycles. The lowest BCUT2D eigenvalue weighted by molar-refractivity contribution is 0.0609.